The molecule has 1 fully saturated rings. The second-order valence-corrected chi connectivity index (χ2v) is 6.66. The van der Waals surface area contributed by atoms with Crippen LogP contribution in [-0.2, 0) is 10.2 Å². The summed E-state index contributed by atoms with van der Waals surface area (Å²) in [5.74, 6) is 1.54. The number of Topliss-reactive ketones (excluding diaryl/α,β-unsaturated/α-hetero) is 1. The van der Waals surface area contributed by atoms with Gasteiger partial charge in [0.05, 0.1) is 19.6 Å². The maximum Gasteiger partial charge on any atom is 0.169 e. The average molecular weight is 336 g/mol. The minimum absolute atomic E-state index is 0.204. The normalized spacial score (nSPS) is 22.0. The van der Waals surface area contributed by atoms with Gasteiger partial charge in [0.1, 0.15) is 0 Å². The number of allylic oxidation sites excluding steroid dienone is 1. The Morgan fingerprint density at radius 2 is 1.72 bits per heavy atom. The van der Waals surface area contributed by atoms with Gasteiger partial charge in [0.25, 0.3) is 0 Å². The molecule has 0 amide bonds. The fourth-order valence-corrected chi connectivity index (χ4v) is 3.56. The summed E-state index contributed by atoms with van der Waals surface area (Å²) in [7, 11) is 3.24. The number of ether oxygens (including phenoxy) is 2. The van der Waals surface area contributed by atoms with Gasteiger partial charge in [0, 0.05) is 0 Å². The second kappa shape index (κ2) is 7.14. The Kier molecular flexibility index (Phi) is 4.93. The summed E-state index contributed by atoms with van der Waals surface area (Å²) in [6.07, 6.45) is 4.69. The minimum atomic E-state index is -0.529. The summed E-state index contributed by atoms with van der Waals surface area (Å²) in [5, 5.41) is 0. The van der Waals surface area contributed by atoms with E-state index in [4.69, 9.17) is 9.47 Å². The van der Waals surface area contributed by atoms with Gasteiger partial charge in [0.15, 0.2) is 17.3 Å². The highest BCUT2D eigenvalue weighted by Crippen LogP contribution is 2.42. The van der Waals surface area contributed by atoms with Gasteiger partial charge in [-0.05, 0) is 61.1 Å². The van der Waals surface area contributed by atoms with E-state index in [1.165, 1.54) is 0 Å². The third-order valence-electron chi connectivity index (χ3n) is 5.08. The van der Waals surface area contributed by atoms with Crippen LogP contribution in [0.5, 0.6) is 11.5 Å². The number of carbonyl (C=O) groups is 1. The van der Waals surface area contributed by atoms with Gasteiger partial charge in [0.2, 0.25) is 0 Å². The topological polar surface area (TPSA) is 35.5 Å². The summed E-state index contributed by atoms with van der Waals surface area (Å²) >= 11 is 0. The van der Waals surface area contributed by atoms with E-state index in [-0.39, 0.29) is 5.78 Å². The molecule has 1 atom stereocenters. The molecular formula is C22H24O3. The van der Waals surface area contributed by atoms with Crippen molar-refractivity contribution >= 4 is 11.9 Å². The van der Waals surface area contributed by atoms with Crippen LogP contribution in [0.15, 0.2) is 54.1 Å². The molecule has 3 rings (SSSR count). The molecule has 0 aromatic heterocycles. The summed E-state index contributed by atoms with van der Waals surface area (Å²) in [6.45, 7) is 2.04. The van der Waals surface area contributed by atoms with Gasteiger partial charge >= 0.3 is 0 Å². The molecule has 2 aromatic rings. The van der Waals surface area contributed by atoms with E-state index < -0.39 is 5.41 Å². The van der Waals surface area contributed by atoms with Crippen LogP contribution in [0.2, 0.25) is 0 Å². The van der Waals surface area contributed by atoms with Crippen LogP contribution in [0, 0.1) is 0 Å². The van der Waals surface area contributed by atoms with Gasteiger partial charge in [-0.15, -0.1) is 0 Å². The molecule has 0 N–H and O–H groups in total. The van der Waals surface area contributed by atoms with Crippen molar-refractivity contribution in [3.05, 3.63) is 65.2 Å². The Morgan fingerprint density at radius 3 is 2.40 bits per heavy atom. The minimum Gasteiger partial charge on any atom is -0.493 e. The van der Waals surface area contributed by atoms with Crippen molar-refractivity contribution in [3.63, 3.8) is 0 Å². The first-order chi connectivity index (χ1) is 12.1. The predicted octanol–water partition coefficient (Wildman–Crippen LogP) is 4.80. The second-order valence-electron chi connectivity index (χ2n) is 6.66. The van der Waals surface area contributed by atoms with Crippen LogP contribution in [0.4, 0.5) is 0 Å². The van der Waals surface area contributed by atoms with Crippen molar-refractivity contribution in [1.29, 1.82) is 0 Å². The van der Waals surface area contributed by atoms with Gasteiger partial charge in [-0.3, -0.25) is 4.79 Å². The van der Waals surface area contributed by atoms with E-state index in [9.17, 15) is 4.79 Å². The molecule has 130 valence electrons. The summed E-state index contributed by atoms with van der Waals surface area (Å²) in [4.78, 5) is 13.3. The first-order valence-corrected chi connectivity index (χ1v) is 8.61. The maximum absolute atomic E-state index is 13.3. The molecule has 2 aromatic carbocycles. The van der Waals surface area contributed by atoms with Crippen molar-refractivity contribution in [3.8, 4) is 11.5 Å². The zero-order valence-electron chi connectivity index (χ0n) is 15.0. The number of ketones is 1. The highest BCUT2D eigenvalue weighted by Gasteiger charge is 2.39. The van der Waals surface area contributed by atoms with Crippen LogP contribution >= 0.6 is 0 Å². The number of hydrogen-bond acceptors (Lipinski definition) is 3. The third-order valence-corrected chi connectivity index (χ3v) is 5.08. The SMILES string of the molecule is COc1ccc(C2(C)CCC/C(=C/c3ccccc3)C2=O)cc1OC. The maximum atomic E-state index is 13.3. The number of rotatable bonds is 4. The molecule has 0 saturated heterocycles. The van der Waals surface area contributed by atoms with Crippen LogP contribution in [0.3, 0.4) is 0 Å². The van der Waals surface area contributed by atoms with E-state index in [2.05, 4.69) is 0 Å². The Labute approximate surface area is 149 Å². The van der Waals surface area contributed by atoms with E-state index in [1.54, 1.807) is 14.2 Å². The molecule has 0 aliphatic heterocycles. The number of carbonyl (C=O) groups excluding carboxylic acids is 1. The molecule has 3 nitrogen and oxygen atoms in total. The Bertz CT molecular complexity index is 792. The van der Waals surface area contributed by atoms with Crippen molar-refractivity contribution in [2.75, 3.05) is 14.2 Å². The highest BCUT2D eigenvalue weighted by molar-refractivity contribution is 6.07. The molecule has 1 aliphatic carbocycles. The smallest absolute Gasteiger partial charge is 0.169 e. The van der Waals surface area contributed by atoms with Gasteiger partial charge in [-0.1, -0.05) is 36.4 Å². The van der Waals surface area contributed by atoms with E-state index in [0.29, 0.717) is 11.5 Å². The van der Waals surface area contributed by atoms with Crippen molar-refractivity contribution < 1.29 is 14.3 Å². The lowest BCUT2D eigenvalue weighted by Crippen LogP contribution is -2.37. The molecule has 3 heteroatoms. The lowest BCUT2D eigenvalue weighted by Gasteiger charge is -2.34. The molecule has 0 bridgehead atoms. The summed E-state index contributed by atoms with van der Waals surface area (Å²) in [5.41, 5.74) is 2.42. The first kappa shape index (κ1) is 17.3. The molecule has 25 heavy (non-hydrogen) atoms. The van der Waals surface area contributed by atoms with E-state index >= 15 is 0 Å². The number of benzene rings is 2. The molecule has 0 radical (unpaired) electrons. The Morgan fingerprint density at radius 1 is 1.00 bits per heavy atom. The molecular weight excluding hydrogens is 312 g/mol. The van der Waals surface area contributed by atoms with Crippen molar-refractivity contribution in [2.45, 2.75) is 31.6 Å². The zero-order valence-corrected chi connectivity index (χ0v) is 15.0. The summed E-state index contributed by atoms with van der Waals surface area (Å²) in [6, 6.07) is 15.8. The zero-order chi connectivity index (χ0) is 17.9. The predicted molar refractivity (Wildman–Crippen MR) is 100 cm³/mol. The fraction of sp³-hybridized carbons (Fsp3) is 0.318. The monoisotopic (exact) mass is 336 g/mol. The number of hydrogen-bond donors (Lipinski definition) is 0. The molecule has 0 heterocycles. The standard InChI is InChI=1S/C22H24O3/c1-22(18-11-12-19(24-2)20(15-18)25-3)13-7-10-17(21(22)23)14-16-8-5-4-6-9-16/h4-6,8-9,11-12,14-15H,7,10,13H2,1-3H3/b17-14-. The van der Waals surface area contributed by atoms with Crippen molar-refractivity contribution in [1.82, 2.24) is 0 Å². The lowest BCUT2D eigenvalue weighted by molar-refractivity contribution is -0.121. The molecule has 0 spiro atoms. The first-order valence-electron chi connectivity index (χ1n) is 8.61. The highest BCUT2D eigenvalue weighted by atomic mass is 16.5. The molecule has 1 unspecified atom stereocenters. The van der Waals surface area contributed by atoms with Crippen LogP contribution in [-0.4, -0.2) is 20.0 Å². The molecule has 1 saturated carbocycles. The lowest BCUT2D eigenvalue weighted by atomic mass is 9.68. The van der Waals surface area contributed by atoms with E-state index in [0.717, 1.165) is 36.0 Å². The fourth-order valence-electron chi connectivity index (χ4n) is 3.56. The Balaban J connectivity index is 1.98. The largest absolute Gasteiger partial charge is 0.493 e. The van der Waals surface area contributed by atoms with Gasteiger partial charge in [-0.2, -0.15) is 0 Å². The number of methoxy groups -OCH3 is 2. The third kappa shape index (κ3) is 3.32. The van der Waals surface area contributed by atoms with E-state index in [1.807, 2.05) is 61.5 Å². The summed E-state index contributed by atoms with van der Waals surface area (Å²) < 4.78 is 10.7. The Hall–Kier alpha value is -2.55. The van der Waals surface area contributed by atoms with Gasteiger partial charge in [-0.25, -0.2) is 0 Å². The van der Waals surface area contributed by atoms with Gasteiger partial charge < -0.3 is 9.47 Å². The van der Waals surface area contributed by atoms with Crippen molar-refractivity contribution in [2.24, 2.45) is 0 Å². The average Bonchev–Trinajstić information content (AvgIpc) is 2.65. The molecule has 1 aliphatic rings. The van der Waals surface area contributed by atoms with Crippen LogP contribution < -0.4 is 9.47 Å². The quantitative estimate of drug-likeness (QED) is 0.753. The van der Waals surface area contributed by atoms with Crippen LogP contribution in [0.25, 0.3) is 6.08 Å². The van der Waals surface area contributed by atoms with Crippen LogP contribution in [0.1, 0.15) is 37.3 Å².